The van der Waals surface area contributed by atoms with Gasteiger partial charge in [-0.2, -0.15) is 0 Å². The van der Waals surface area contributed by atoms with Crippen LogP contribution < -0.4 is 15.4 Å². The van der Waals surface area contributed by atoms with Crippen molar-refractivity contribution in [2.45, 2.75) is 6.42 Å². The smallest absolute Gasteiger partial charge is 0.233 e. The second kappa shape index (κ2) is 5.48. The fourth-order valence-electron chi connectivity index (χ4n) is 2.59. The molecule has 2 N–H and O–H groups in total. The number of hydrogen-bond donors (Lipinski definition) is 1. The number of ether oxygens (including phenoxy) is 1. The summed E-state index contributed by atoms with van der Waals surface area (Å²) in [5.74, 6) is 0.799. The Kier molecular flexibility index (Phi) is 3.52. The van der Waals surface area contributed by atoms with Crippen molar-refractivity contribution in [2.75, 3.05) is 24.3 Å². The first-order chi connectivity index (χ1) is 10.1. The largest absolute Gasteiger partial charge is 0.492 e. The third-order valence-electron chi connectivity index (χ3n) is 3.84. The van der Waals surface area contributed by atoms with Crippen LogP contribution in [0.1, 0.15) is 5.56 Å². The first kappa shape index (κ1) is 13.5. The molecule has 21 heavy (non-hydrogen) atoms. The summed E-state index contributed by atoms with van der Waals surface area (Å²) >= 11 is 0. The minimum absolute atomic E-state index is 0.0641. The minimum atomic E-state index is -0.151. The summed E-state index contributed by atoms with van der Waals surface area (Å²) in [5.41, 5.74) is 8.30. The molecule has 2 aromatic rings. The topological polar surface area (TPSA) is 55.6 Å². The van der Waals surface area contributed by atoms with Crippen LogP contribution in [0.5, 0.6) is 5.75 Å². The fourth-order valence-corrected chi connectivity index (χ4v) is 2.59. The molecule has 0 saturated heterocycles. The van der Waals surface area contributed by atoms with E-state index in [4.69, 9.17) is 10.5 Å². The number of nitrogens with zero attached hydrogens (tertiary/aromatic N) is 1. The van der Waals surface area contributed by atoms with Crippen LogP contribution in [0.2, 0.25) is 0 Å². The van der Waals surface area contributed by atoms with Gasteiger partial charge in [0.15, 0.2) is 0 Å². The van der Waals surface area contributed by atoms with Crippen LogP contribution in [0.3, 0.4) is 0 Å². The lowest BCUT2D eigenvalue weighted by Crippen LogP contribution is -2.38. The lowest BCUT2D eigenvalue weighted by molar-refractivity contribution is -0.123. The van der Waals surface area contributed by atoms with Crippen molar-refractivity contribution >= 4 is 17.3 Å². The van der Waals surface area contributed by atoms with Crippen molar-refractivity contribution in [1.82, 2.24) is 0 Å². The monoisotopic (exact) mass is 282 g/mol. The van der Waals surface area contributed by atoms with Gasteiger partial charge in [0.25, 0.3) is 0 Å². The number of carbonyl (C=O) groups excluding carboxylic acids is 1. The SMILES string of the molecule is CN(C(=O)C1COc2ccccc2C1)c1ccc(N)cc1. The maximum atomic E-state index is 12.6. The van der Waals surface area contributed by atoms with E-state index in [2.05, 4.69) is 0 Å². The van der Waals surface area contributed by atoms with Gasteiger partial charge in [-0.05, 0) is 42.3 Å². The third kappa shape index (κ3) is 2.70. The molecule has 0 aromatic heterocycles. The highest BCUT2D eigenvalue weighted by molar-refractivity contribution is 5.95. The molecule has 0 saturated carbocycles. The molecule has 3 rings (SSSR count). The summed E-state index contributed by atoms with van der Waals surface area (Å²) in [6.45, 7) is 0.426. The number of para-hydroxylation sites is 1. The molecular formula is C17H18N2O2. The van der Waals surface area contributed by atoms with E-state index in [1.54, 1.807) is 24.1 Å². The number of nitrogen functional groups attached to an aromatic ring is 1. The molecule has 0 radical (unpaired) electrons. The van der Waals surface area contributed by atoms with E-state index in [0.717, 1.165) is 17.0 Å². The molecule has 0 aliphatic carbocycles. The molecular weight excluding hydrogens is 264 g/mol. The highest BCUT2D eigenvalue weighted by atomic mass is 16.5. The number of fused-ring (bicyclic) bond motifs is 1. The number of benzene rings is 2. The van der Waals surface area contributed by atoms with E-state index >= 15 is 0 Å². The molecule has 108 valence electrons. The second-order valence-electron chi connectivity index (χ2n) is 5.31. The molecule has 4 heteroatoms. The lowest BCUT2D eigenvalue weighted by Gasteiger charge is -2.28. The van der Waals surface area contributed by atoms with Crippen molar-refractivity contribution < 1.29 is 9.53 Å². The standard InChI is InChI=1S/C17H18N2O2/c1-19(15-8-6-14(18)7-9-15)17(20)13-10-12-4-2-3-5-16(12)21-11-13/h2-9,13H,10-11,18H2,1H3. The van der Waals surface area contributed by atoms with E-state index < -0.39 is 0 Å². The Balaban J connectivity index is 1.75. The predicted octanol–water partition coefficient (Wildman–Crippen LogP) is 2.48. The Labute approximate surface area is 124 Å². The summed E-state index contributed by atoms with van der Waals surface area (Å²) < 4.78 is 5.69. The molecule has 0 spiro atoms. The van der Waals surface area contributed by atoms with E-state index in [1.807, 2.05) is 36.4 Å². The van der Waals surface area contributed by atoms with E-state index in [0.29, 0.717) is 18.7 Å². The minimum Gasteiger partial charge on any atom is -0.492 e. The molecule has 1 atom stereocenters. The van der Waals surface area contributed by atoms with E-state index in [1.165, 1.54) is 0 Å². The predicted molar refractivity (Wildman–Crippen MR) is 83.4 cm³/mol. The van der Waals surface area contributed by atoms with Crippen molar-refractivity contribution in [1.29, 1.82) is 0 Å². The Morgan fingerprint density at radius 3 is 2.67 bits per heavy atom. The summed E-state index contributed by atoms with van der Waals surface area (Å²) in [6, 6.07) is 15.2. The first-order valence-electron chi connectivity index (χ1n) is 6.99. The van der Waals surface area contributed by atoms with Gasteiger partial charge in [0.2, 0.25) is 5.91 Å². The Bertz CT molecular complexity index is 652. The zero-order chi connectivity index (χ0) is 14.8. The summed E-state index contributed by atoms with van der Waals surface area (Å²) in [4.78, 5) is 14.3. The molecule has 0 fully saturated rings. The lowest BCUT2D eigenvalue weighted by atomic mass is 9.95. The van der Waals surface area contributed by atoms with Crippen LogP contribution in [0.15, 0.2) is 48.5 Å². The van der Waals surface area contributed by atoms with Gasteiger partial charge in [0, 0.05) is 18.4 Å². The quantitative estimate of drug-likeness (QED) is 0.861. The summed E-state index contributed by atoms with van der Waals surface area (Å²) in [7, 11) is 1.79. The van der Waals surface area contributed by atoms with Crippen LogP contribution in [0.25, 0.3) is 0 Å². The number of hydrogen-bond acceptors (Lipinski definition) is 3. The maximum absolute atomic E-state index is 12.6. The number of amides is 1. The van der Waals surface area contributed by atoms with Gasteiger partial charge in [0.05, 0.1) is 5.92 Å². The molecule has 1 aliphatic rings. The normalized spacial score (nSPS) is 16.7. The third-order valence-corrected chi connectivity index (χ3v) is 3.84. The zero-order valence-corrected chi connectivity index (χ0v) is 12.0. The molecule has 1 amide bonds. The number of rotatable bonds is 2. The average Bonchev–Trinajstić information content (AvgIpc) is 2.54. The second-order valence-corrected chi connectivity index (χ2v) is 5.31. The Hall–Kier alpha value is -2.49. The maximum Gasteiger partial charge on any atom is 0.233 e. The van der Waals surface area contributed by atoms with Crippen molar-refractivity contribution in [3.63, 3.8) is 0 Å². The Morgan fingerprint density at radius 2 is 1.90 bits per heavy atom. The highest BCUT2D eigenvalue weighted by Gasteiger charge is 2.28. The zero-order valence-electron chi connectivity index (χ0n) is 12.0. The van der Waals surface area contributed by atoms with Crippen LogP contribution >= 0.6 is 0 Å². The fraction of sp³-hybridized carbons (Fsp3) is 0.235. The van der Waals surface area contributed by atoms with Crippen LogP contribution in [-0.4, -0.2) is 19.6 Å². The highest BCUT2D eigenvalue weighted by Crippen LogP contribution is 2.28. The van der Waals surface area contributed by atoms with Gasteiger partial charge in [-0.25, -0.2) is 0 Å². The Morgan fingerprint density at radius 1 is 1.19 bits per heavy atom. The van der Waals surface area contributed by atoms with Crippen molar-refractivity contribution in [3.8, 4) is 5.75 Å². The molecule has 1 unspecified atom stereocenters. The average molecular weight is 282 g/mol. The van der Waals surface area contributed by atoms with Gasteiger partial charge in [-0.1, -0.05) is 18.2 Å². The van der Waals surface area contributed by atoms with Gasteiger partial charge in [0.1, 0.15) is 12.4 Å². The summed E-state index contributed by atoms with van der Waals surface area (Å²) in [6.07, 6.45) is 0.717. The molecule has 0 bridgehead atoms. The van der Waals surface area contributed by atoms with Gasteiger partial charge in [-0.15, -0.1) is 0 Å². The number of carbonyl (C=O) groups is 1. The van der Waals surface area contributed by atoms with E-state index in [-0.39, 0.29) is 11.8 Å². The van der Waals surface area contributed by atoms with Crippen LogP contribution in [-0.2, 0) is 11.2 Å². The number of anilines is 2. The first-order valence-corrected chi connectivity index (χ1v) is 6.99. The molecule has 1 aliphatic heterocycles. The van der Waals surface area contributed by atoms with Gasteiger partial charge >= 0.3 is 0 Å². The van der Waals surface area contributed by atoms with Crippen molar-refractivity contribution in [2.24, 2.45) is 5.92 Å². The molecule has 1 heterocycles. The number of nitrogens with two attached hydrogens (primary N) is 1. The van der Waals surface area contributed by atoms with Gasteiger partial charge < -0.3 is 15.4 Å². The van der Waals surface area contributed by atoms with Crippen LogP contribution in [0.4, 0.5) is 11.4 Å². The van der Waals surface area contributed by atoms with Crippen LogP contribution in [0, 0.1) is 5.92 Å². The van der Waals surface area contributed by atoms with Crippen molar-refractivity contribution in [3.05, 3.63) is 54.1 Å². The molecule has 4 nitrogen and oxygen atoms in total. The summed E-state index contributed by atoms with van der Waals surface area (Å²) in [5, 5.41) is 0. The van der Waals surface area contributed by atoms with Gasteiger partial charge in [-0.3, -0.25) is 4.79 Å². The van der Waals surface area contributed by atoms with E-state index in [9.17, 15) is 4.79 Å². The molecule has 2 aromatic carbocycles.